The first-order valence-electron chi connectivity index (χ1n) is 6.55. The van der Waals surface area contributed by atoms with Crippen molar-refractivity contribution in [1.82, 2.24) is 4.90 Å². The quantitative estimate of drug-likeness (QED) is 0.750. The lowest BCUT2D eigenvalue weighted by Crippen LogP contribution is -2.27. The van der Waals surface area contributed by atoms with Crippen molar-refractivity contribution in [1.29, 1.82) is 0 Å². The molecule has 1 aromatic carbocycles. The molecular formula is C17H19NO. The van der Waals surface area contributed by atoms with Crippen molar-refractivity contribution < 1.29 is 4.79 Å². The standard InChI is InChI=1S/C17H19NO/c1-18(13-14-19)17(16-11-7-4-8-12-16)15-9-5-2-3-6-10-15/h2,4-12,14,17H,3,13H2,1H3. The van der Waals surface area contributed by atoms with Crippen LogP contribution in [-0.2, 0) is 4.79 Å². The van der Waals surface area contributed by atoms with Crippen molar-refractivity contribution in [3.63, 3.8) is 0 Å². The average molecular weight is 253 g/mol. The molecule has 2 nitrogen and oxygen atoms in total. The van der Waals surface area contributed by atoms with Crippen LogP contribution in [0, 0.1) is 0 Å². The minimum absolute atomic E-state index is 0.116. The Morgan fingerprint density at radius 3 is 2.79 bits per heavy atom. The average Bonchev–Trinajstić information content (AvgIpc) is 2.70. The number of likely N-dealkylation sites (N-methyl/N-ethyl adjacent to an activating group) is 1. The van der Waals surface area contributed by atoms with Gasteiger partial charge < -0.3 is 4.79 Å². The van der Waals surface area contributed by atoms with Crippen molar-refractivity contribution in [2.45, 2.75) is 12.5 Å². The number of nitrogens with zero attached hydrogens (tertiary/aromatic N) is 1. The first kappa shape index (κ1) is 13.5. The van der Waals surface area contributed by atoms with E-state index in [4.69, 9.17) is 0 Å². The molecule has 0 bridgehead atoms. The van der Waals surface area contributed by atoms with Gasteiger partial charge in [-0.15, -0.1) is 0 Å². The molecule has 0 heterocycles. The van der Waals surface area contributed by atoms with Gasteiger partial charge in [-0.2, -0.15) is 0 Å². The first-order chi connectivity index (χ1) is 9.33. The molecule has 2 rings (SSSR count). The fourth-order valence-electron chi connectivity index (χ4n) is 2.34. The topological polar surface area (TPSA) is 20.3 Å². The van der Waals surface area contributed by atoms with Gasteiger partial charge in [-0.05, 0) is 24.6 Å². The van der Waals surface area contributed by atoms with Crippen molar-refractivity contribution >= 4 is 6.29 Å². The number of hydrogen-bond donors (Lipinski definition) is 0. The molecule has 1 atom stereocenters. The second kappa shape index (κ2) is 6.86. The van der Waals surface area contributed by atoms with Crippen molar-refractivity contribution in [3.05, 3.63) is 71.8 Å². The van der Waals surface area contributed by atoms with Crippen LogP contribution in [0.3, 0.4) is 0 Å². The van der Waals surface area contributed by atoms with Crippen LogP contribution in [0.4, 0.5) is 0 Å². The first-order valence-corrected chi connectivity index (χ1v) is 6.55. The van der Waals surface area contributed by atoms with Crippen LogP contribution >= 0.6 is 0 Å². The van der Waals surface area contributed by atoms with Crippen molar-refractivity contribution in [2.24, 2.45) is 0 Å². The summed E-state index contributed by atoms with van der Waals surface area (Å²) in [5.74, 6) is 0. The molecule has 0 aromatic heterocycles. The molecule has 1 aromatic rings. The molecule has 0 saturated heterocycles. The van der Waals surface area contributed by atoms with Crippen molar-refractivity contribution in [2.75, 3.05) is 13.6 Å². The SMILES string of the molecule is CN(CC=O)C(C1=CC=CCC=C1)c1ccccc1. The monoisotopic (exact) mass is 253 g/mol. The van der Waals surface area contributed by atoms with E-state index in [9.17, 15) is 4.79 Å². The molecule has 98 valence electrons. The Hall–Kier alpha value is -1.93. The summed E-state index contributed by atoms with van der Waals surface area (Å²) in [5, 5.41) is 0. The summed E-state index contributed by atoms with van der Waals surface area (Å²) in [5.41, 5.74) is 2.42. The molecule has 2 heteroatoms. The van der Waals surface area contributed by atoms with Gasteiger partial charge in [0.05, 0.1) is 12.6 Å². The second-order valence-electron chi connectivity index (χ2n) is 4.65. The molecule has 0 radical (unpaired) electrons. The zero-order valence-corrected chi connectivity index (χ0v) is 11.2. The van der Waals surface area contributed by atoms with E-state index in [0.717, 1.165) is 12.7 Å². The van der Waals surface area contributed by atoms with E-state index in [1.54, 1.807) is 0 Å². The molecule has 0 fully saturated rings. The van der Waals surface area contributed by atoms with Gasteiger partial charge in [0.15, 0.2) is 0 Å². The maximum atomic E-state index is 10.8. The normalized spacial score (nSPS) is 16.0. The summed E-state index contributed by atoms with van der Waals surface area (Å²) in [4.78, 5) is 12.9. The Labute approximate surface area is 114 Å². The van der Waals surface area contributed by atoms with E-state index in [-0.39, 0.29) is 6.04 Å². The summed E-state index contributed by atoms with van der Waals surface area (Å²) >= 11 is 0. The van der Waals surface area contributed by atoms with Crippen LogP contribution < -0.4 is 0 Å². The zero-order chi connectivity index (χ0) is 13.5. The highest BCUT2D eigenvalue weighted by atomic mass is 16.1. The zero-order valence-electron chi connectivity index (χ0n) is 11.2. The van der Waals surface area contributed by atoms with Gasteiger partial charge in [0.1, 0.15) is 6.29 Å². The van der Waals surface area contributed by atoms with Gasteiger partial charge >= 0.3 is 0 Å². The van der Waals surface area contributed by atoms with Gasteiger partial charge in [-0.25, -0.2) is 0 Å². The summed E-state index contributed by atoms with van der Waals surface area (Å²) in [7, 11) is 1.98. The molecule has 0 amide bonds. The predicted octanol–water partition coefficient (Wildman–Crippen LogP) is 3.30. The summed E-state index contributed by atoms with van der Waals surface area (Å²) in [6.07, 6.45) is 12.6. The second-order valence-corrected chi connectivity index (χ2v) is 4.65. The van der Waals surface area contributed by atoms with Crippen LogP contribution in [0.15, 0.2) is 66.3 Å². The van der Waals surface area contributed by atoms with Crippen molar-refractivity contribution in [3.8, 4) is 0 Å². The van der Waals surface area contributed by atoms with E-state index >= 15 is 0 Å². The molecule has 1 aliphatic carbocycles. The van der Waals surface area contributed by atoms with E-state index in [1.165, 1.54) is 11.1 Å². The smallest absolute Gasteiger partial charge is 0.133 e. The van der Waals surface area contributed by atoms with E-state index in [1.807, 2.05) is 25.2 Å². The maximum Gasteiger partial charge on any atom is 0.133 e. The van der Waals surface area contributed by atoms with Gasteiger partial charge in [-0.1, -0.05) is 60.7 Å². The highest BCUT2D eigenvalue weighted by Gasteiger charge is 2.19. The minimum Gasteiger partial charge on any atom is -0.302 e. The highest BCUT2D eigenvalue weighted by molar-refractivity contribution is 5.52. The lowest BCUT2D eigenvalue weighted by molar-refractivity contribution is -0.108. The van der Waals surface area contributed by atoms with Crippen LogP contribution in [0.25, 0.3) is 0 Å². The Balaban J connectivity index is 2.36. The highest BCUT2D eigenvalue weighted by Crippen LogP contribution is 2.29. The van der Waals surface area contributed by atoms with Gasteiger partial charge in [0, 0.05) is 0 Å². The minimum atomic E-state index is 0.116. The number of hydrogen-bond acceptors (Lipinski definition) is 2. The molecule has 1 unspecified atom stereocenters. The van der Waals surface area contributed by atoms with E-state index in [2.05, 4.69) is 47.4 Å². The fourth-order valence-corrected chi connectivity index (χ4v) is 2.34. The van der Waals surface area contributed by atoms with Crippen LogP contribution in [-0.4, -0.2) is 24.8 Å². The fraction of sp³-hybridized carbons (Fsp3) is 0.235. The summed E-state index contributed by atoms with van der Waals surface area (Å²) < 4.78 is 0. The summed E-state index contributed by atoms with van der Waals surface area (Å²) in [6.45, 7) is 0.425. The van der Waals surface area contributed by atoms with Gasteiger partial charge in [0.2, 0.25) is 0 Å². The van der Waals surface area contributed by atoms with Crippen LogP contribution in [0.1, 0.15) is 18.0 Å². The van der Waals surface area contributed by atoms with Crippen LogP contribution in [0.2, 0.25) is 0 Å². The molecule has 0 aliphatic heterocycles. The Kier molecular flexibility index (Phi) is 4.87. The number of carbonyl (C=O) groups excluding carboxylic acids is 1. The van der Waals surface area contributed by atoms with E-state index in [0.29, 0.717) is 6.54 Å². The summed E-state index contributed by atoms with van der Waals surface area (Å²) in [6, 6.07) is 10.4. The third kappa shape index (κ3) is 3.52. The number of benzene rings is 1. The lowest BCUT2D eigenvalue weighted by atomic mass is 9.96. The molecule has 1 aliphatic rings. The maximum absolute atomic E-state index is 10.8. The number of carbonyl (C=O) groups is 1. The Morgan fingerprint density at radius 2 is 2.05 bits per heavy atom. The van der Waals surface area contributed by atoms with Gasteiger partial charge in [0.25, 0.3) is 0 Å². The van der Waals surface area contributed by atoms with Gasteiger partial charge in [-0.3, -0.25) is 4.90 Å². The van der Waals surface area contributed by atoms with Crippen LogP contribution in [0.5, 0.6) is 0 Å². The molecular weight excluding hydrogens is 234 g/mol. The molecule has 19 heavy (non-hydrogen) atoms. The third-order valence-corrected chi connectivity index (χ3v) is 3.24. The lowest BCUT2D eigenvalue weighted by Gasteiger charge is -2.28. The molecule has 0 spiro atoms. The number of allylic oxidation sites excluding steroid dienone is 4. The molecule has 0 saturated carbocycles. The number of aldehydes is 1. The Morgan fingerprint density at radius 1 is 1.26 bits per heavy atom. The predicted molar refractivity (Wildman–Crippen MR) is 78.9 cm³/mol. The number of rotatable bonds is 5. The molecule has 0 N–H and O–H groups in total. The largest absolute Gasteiger partial charge is 0.302 e. The third-order valence-electron chi connectivity index (χ3n) is 3.24. The van der Waals surface area contributed by atoms with E-state index < -0.39 is 0 Å². The Bertz CT molecular complexity index is 499.